The molecule has 0 aliphatic carbocycles. The number of amides is 1. The first-order valence-corrected chi connectivity index (χ1v) is 11.4. The van der Waals surface area contributed by atoms with Gasteiger partial charge in [0.15, 0.2) is 16.7 Å². The average molecular weight is 460 g/mol. The molecule has 0 atom stereocenters. The molecule has 1 saturated heterocycles. The number of likely N-dealkylation sites (N-methyl/N-ethyl adjacent to an activating group) is 1. The zero-order valence-electron chi connectivity index (χ0n) is 18.6. The Morgan fingerprint density at radius 3 is 2.69 bits per heavy atom. The molecule has 2 aliphatic heterocycles. The van der Waals surface area contributed by atoms with E-state index in [2.05, 4.69) is 37.0 Å². The number of nitrogens with one attached hydrogen (secondary N) is 1. The van der Waals surface area contributed by atoms with E-state index in [9.17, 15) is 4.79 Å². The number of primary amides is 1. The summed E-state index contributed by atoms with van der Waals surface area (Å²) in [6, 6.07) is 5.87. The summed E-state index contributed by atoms with van der Waals surface area (Å²) in [4.78, 5) is 27.7. The van der Waals surface area contributed by atoms with Crippen molar-refractivity contribution in [3.05, 3.63) is 34.7 Å². The normalized spacial score (nSPS) is 17.0. The molecule has 2 aromatic rings. The van der Waals surface area contributed by atoms with Crippen molar-refractivity contribution in [1.29, 1.82) is 0 Å². The fourth-order valence-corrected chi connectivity index (χ4v) is 4.25. The van der Waals surface area contributed by atoms with E-state index in [-0.39, 0.29) is 16.7 Å². The summed E-state index contributed by atoms with van der Waals surface area (Å²) >= 11 is 6.21. The SMILES string of the molecule is CCc1nc(C(N)=O)c(Nc2ccc3c(c2)OCCN3CCN2CCN(C)CC2)nc1Cl. The van der Waals surface area contributed by atoms with Gasteiger partial charge < -0.3 is 25.6 Å². The summed E-state index contributed by atoms with van der Waals surface area (Å²) in [5, 5.41) is 3.38. The minimum atomic E-state index is -0.657. The summed E-state index contributed by atoms with van der Waals surface area (Å²) in [6.45, 7) is 9.83. The van der Waals surface area contributed by atoms with Gasteiger partial charge in [-0.2, -0.15) is 0 Å². The molecule has 1 aromatic carbocycles. The smallest absolute Gasteiger partial charge is 0.271 e. The van der Waals surface area contributed by atoms with Crippen LogP contribution < -0.4 is 20.7 Å². The standard InChI is InChI=1S/C22H30ClN7O2/c1-3-16-20(23)27-22(19(26-16)21(24)31)25-15-4-5-17-18(14-15)32-13-12-30(17)11-10-29-8-6-28(2)7-9-29/h4-5,14H,3,6-13H2,1-2H3,(H2,24,31)(H,25,27). The van der Waals surface area contributed by atoms with Crippen LogP contribution in [0.15, 0.2) is 18.2 Å². The van der Waals surface area contributed by atoms with Gasteiger partial charge in [0.1, 0.15) is 12.4 Å². The van der Waals surface area contributed by atoms with E-state index in [4.69, 9.17) is 22.1 Å². The second-order valence-electron chi connectivity index (χ2n) is 8.16. The van der Waals surface area contributed by atoms with Crippen molar-refractivity contribution in [2.45, 2.75) is 13.3 Å². The van der Waals surface area contributed by atoms with E-state index < -0.39 is 5.91 Å². The number of anilines is 3. The van der Waals surface area contributed by atoms with Crippen molar-refractivity contribution in [2.24, 2.45) is 5.73 Å². The zero-order valence-corrected chi connectivity index (χ0v) is 19.4. The average Bonchev–Trinajstić information content (AvgIpc) is 2.78. The molecule has 0 radical (unpaired) electrons. The number of benzene rings is 1. The zero-order chi connectivity index (χ0) is 22.7. The molecule has 9 nitrogen and oxygen atoms in total. The minimum absolute atomic E-state index is 0.0682. The lowest BCUT2D eigenvalue weighted by Crippen LogP contribution is -2.47. The molecule has 1 fully saturated rings. The van der Waals surface area contributed by atoms with Crippen LogP contribution in [-0.4, -0.2) is 85.1 Å². The van der Waals surface area contributed by atoms with Gasteiger partial charge in [-0.15, -0.1) is 0 Å². The maximum atomic E-state index is 11.9. The number of ether oxygens (including phenoxy) is 1. The van der Waals surface area contributed by atoms with Gasteiger partial charge in [0, 0.05) is 51.0 Å². The third-order valence-corrected chi connectivity index (χ3v) is 6.25. The van der Waals surface area contributed by atoms with Crippen molar-refractivity contribution < 1.29 is 9.53 Å². The van der Waals surface area contributed by atoms with E-state index in [1.54, 1.807) is 0 Å². The van der Waals surface area contributed by atoms with Gasteiger partial charge >= 0.3 is 0 Å². The van der Waals surface area contributed by atoms with Crippen molar-refractivity contribution in [1.82, 2.24) is 19.8 Å². The van der Waals surface area contributed by atoms with Crippen LogP contribution >= 0.6 is 11.6 Å². The molecular formula is C22H30ClN7O2. The molecule has 1 amide bonds. The van der Waals surface area contributed by atoms with Crippen LogP contribution in [0.5, 0.6) is 5.75 Å². The largest absolute Gasteiger partial charge is 0.489 e. The van der Waals surface area contributed by atoms with Crippen LogP contribution in [-0.2, 0) is 6.42 Å². The number of hydrogen-bond acceptors (Lipinski definition) is 8. The first-order valence-electron chi connectivity index (χ1n) is 11.0. The highest BCUT2D eigenvalue weighted by molar-refractivity contribution is 6.30. The molecule has 2 aliphatic rings. The minimum Gasteiger partial charge on any atom is -0.489 e. The van der Waals surface area contributed by atoms with Crippen molar-refractivity contribution >= 4 is 34.7 Å². The molecule has 3 N–H and O–H groups in total. The fourth-order valence-electron chi connectivity index (χ4n) is 3.99. The Bertz CT molecular complexity index is 979. The molecule has 4 rings (SSSR count). The van der Waals surface area contributed by atoms with E-state index in [0.717, 1.165) is 62.9 Å². The van der Waals surface area contributed by atoms with Crippen LogP contribution in [0.2, 0.25) is 5.15 Å². The van der Waals surface area contributed by atoms with Gasteiger partial charge in [-0.25, -0.2) is 9.97 Å². The highest BCUT2D eigenvalue weighted by Crippen LogP contribution is 2.35. The monoisotopic (exact) mass is 459 g/mol. The Morgan fingerprint density at radius 2 is 1.97 bits per heavy atom. The highest BCUT2D eigenvalue weighted by Gasteiger charge is 2.22. The predicted molar refractivity (Wildman–Crippen MR) is 126 cm³/mol. The Balaban J connectivity index is 1.48. The van der Waals surface area contributed by atoms with Gasteiger partial charge in [0.25, 0.3) is 5.91 Å². The van der Waals surface area contributed by atoms with Crippen LogP contribution in [0.4, 0.5) is 17.2 Å². The summed E-state index contributed by atoms with van der Waals surface area (Å²) in [5.74, 6) is 0.377. The second-order valence-corrected chi connectivity index (χ2v) is 8.52. The van der Waals surface area contributed by atoms with Gasteiger partial charge in [-0.05, 0) is 25.6 Å². The van der Waals surface area contributed by atoms with E-state index in [1.165, 1.54) is 0 Å². The summed E-state index contributed by atoms with van der Waals surface area (Å²) < 4.78 is 5.92. The number of rotatable bonds is 7. The van der Waals surface area contributed by atoms with Crippen molar-refractivity contribution in [3.8, 4) is 5.75 Å². The number of nitrogens with zero attached hydrogens (tertiary/aromatic N) is 5. The lowest BCUT2D eigenvalue weighted by Gasteiger charge is -2.36. The number of fused-ring (bicyclic) bond motifs is 1. The van der Waals surface area contributed by atoms with Gasteiger partial charge in [-0.1, -0.05) is 18.5 Å². The Kier molecular flexibility index (Phi) is 6.98. The molecule has 10 heteroatoms. The lowest BCUT2D eigenvalue weighted by molar-refractivity contribution is 0.0996. The number of halogens is 1. The molecule has 0 bridgehead atoms. The number of carbonyl (C=O) groups excluding carboxylic acids is 1. The van der Waals surface area contributed by atoms with E-state index in [0.29, 0.717) is 18.7 Å². The molecular weight excluding hydrogens is 430 g/mol. The van der Waals surface area contributed by atoms with Crippen molar-refractivity contribution in [2.75, 3.05) is 69.7 Å². The Labute approximate surface area is 193 Å². The molecule has 0 spiro atoms. The molecule has 0 unspecified atom stereocenters. The number of nitrogens with two attached hydrogens (primary N) is 1. The lowest BCUT2D eigenvalue weighted by atomic mass is 10.2. The summed E-state index contributed by atoms with van der Waals surface area (Å²) in [7, 11) is 2.17. The third kappa shape index (κ3) is 5.06. The Morgan fingerprint density at radius 1 is 1.19 bits per heavy atom. The molecule has 0 saturated carbocycles. The second kappa shape index (κ2) is 9.89. The number of aromatic nitrogens is 2. The van der Waals surface area contributed by atoms with Gasteiger partial charge in [-0.3, -0.25) is 9.69 Å². The van der Waals surface area contributed by atoms with Gasteiger partial charge in [0.05, 0.1) is 17.9 Å². The first kappa shape index (κ1) is 22.6. The van der Waals surface area contributed by atoms with Crippen LogP contribution in [0.25, 0.3) is 0 Å². The van der Waals surface area contributed by atoms with Crippen LogP contribution in [0, 0.1) is 0 Å². The van der Waals surface area contributed by atoms with E-state index in [1.807, 2.05) is 25.1 Å². The van der Waals surface area contributed by atoms with Crippen LogP contribution in [0.3, 0.4) is 0 Å². The number of aryl methyl sites for hydroxylation is 1. The molecule has 1 aromatic heterocycles. The maximum absolute atomic E-state index is 11.9. The molecule has 172 valence electrons. The van der Waals surface area contributed by atoms with E-state index >= 15 is 0 Å². The van der Waals surface area contributed by atoms with Crippen LogP contribution in [0.1, 0.15) is 23.1 Å². The maximum Gasteiger partial charge on any atom is 0.271 e. The first-order chi connectivity index (χ1) is 15.4. The Hall–Kier alpha value is -2.62. The highest BCUT2D eigenvalue weighted by atomic mass is 35.5. The van der Waals surface area contributed by atoms with Gasteiger partial charge in [0.2, 0.25) is 0 Å². The number of piperazine rings is 1. The molecule has 3 heterocycles. The fraction of sp³-hybridized carbons (Fsp3) is 0.500. The quantitative estimate of drug-likeness (QED) is 0.648. The summed E-state index contributed by atoms with van der Waals surface area (Å²) in [5.41, 5.74) is 7.91. The molecule has 32 heavy (non-hydrogen) atoms. The predicted octanol–water partition coefficient (Wildman–Crippen LogP) is 1.98. The third-order valence-electron chi connectivity index (χ3n) is 5.95. The van der Waals surface area contributed by atoms with Crippen molar-refractivity contribution in [3.63, 3.8) is 0 Å². The summed E-state index contributed by atoms with van der Waals surface area (Å²) in [6.07, 6.45) is 0.559. The number of hydrogen-bond donors (Lipinski definition) is 2. The topological polar surface area (TPSA) is 99.8 Å². The number of carbonyl (C=O) groups is 1.